The molecule has 0 spiro atoms. The zero-order valence-electron chi connectivity index (χ0n) is 10.8. The number of piperidine rings is 1. The number of carbonyl (C=O) groups is 2. The van der Waals surface area contributed by atoms with Gasteiger partial charge in [0.15, 0.2) is 0 Å². The molecule has 0 aromatic heterocycles. The molecule has 1 heterocycles. The summed E-state index contributed by atoms with van der Waals surface area (Å²) in [5.41, 5.74) is -0.207. The number of nitrogens with one attached hydrogen (secondary N) is 3. The summed E-state index contributed by atoms with van der Waals surface area (Å²) < 4.78 is 0. The van der Waals surface area contributed by atoms with Gasteiger partial charge in [0.25, 0.3) is 0 Å². The van der Waals surface area contributed by atoms with E-state index in [1.807, 2.05) is 0 Å². The molecule has 0 aromatic rings. The van der Waals surface area contributed by atoms with Gasteiger partial charge in [-0.3, -0.25) is 9.59 Å². The molecular formula is C12H23N3O2. The summed E-state index contributed by atoms with van der Waals surface area (Å²) >= 11 is 0. The normalized spacial score (nSPS) is 18.5. The van der Waals surface area contributed by atoms with E-state index < -0.39 is 0 Å². The molecule has 3 N–H and O–H groups in total. The Hall–Kier alpha value is -1.10. The molecule has 1 fully saturated rings. The molecular weight excluding hydrogens is 218 g/mol. The van der Waals surface area contributed by atoms with Gasteiger partial charge < -0.3 is 16.0 Å². The van der Waals surface area contributed by atoms with Gasteiger partial charge in [0.1, 0.15) is 0 Å². The molecule has 17 heavy (non-hydrogen) atoms. The fraction of sp³-hybridized carbons (Fsp3) is 0.833. The lowest BCUT2D eigenvalue weighted by Gasteiger charge is -2.35. The minimum Gasteiger partial charge on any atom is -0.355 e. The van der Waals surface area contributed by atoms with E-state index in [1.165, 1.54) is 6.92 Å². The van der Waals surface area contributed by atoms with E-state index >= 15 is 0 Å². The van der Waals surface area contributed by atoms with Gasteiger partial charge in [0.2, 0.25) is 11.8 Å². The lowest BCUT2D eigenvalue weighted by Crippen LogP contribution is -2.48. The molecule has 5 heteroatoms. The van der Waals surface area contributed by atoms with Crippen LogP contribution in [0, 0.1) is 5.41 Å². The van der Waals surface area contributed by atoms with Crippen molar-refractivity contribution in [1.29, 1.82) is 0 Å². The molecule has 0 aromatic carbocycles. The molecule has 0 unspecified atom stereocenters. The van der Waals surface area contributed by atoms with Crippen LogP contribution in [0.2, 0.25) is 0 Å². The Morgan fingerprint density at radius 2 is 1.76 bits per heavy atom. The van der Waals surface area contributed by atoms with Gasteiger partial charge in [-0.2, -0.15) is 0 Å². The number of hydrogen-bond acceptors (Lipinski definition) is 3. The Balaban J connectivity index is 2.36. The first-order valence-electron chi connectivity index (χ1n) is 6.34. The van der Waals surface area contributed by atoms with Crippen molar-refractivity contribution < 1.29 is 9.59 Å². The summed E-state index contributed by atoms with van der Waals surface area (Å²) in [5.74, 6) is 0.0678. The Morgan fingerprint density at radius 1 is 1.18 bits per heavy atom. The van der Waals surface area contributed by atoms with Crippen molar-refractivity contribution in [3.8, 4) is 0 Å². The summed E-state index contributed by atoms with van der Waals surface area (Å²) in [7, 11) is 0. The van der Waals surface area contributed by atoms with Gasteiger partial charge in [-0.05, 0) is 32.4 Å². The second-order valence-electron chi connectivity index (χ2n) is 4.62. The monoisotopic (exact) mass is 241 g/mol. The van der Waals surface area contributed by atoms with Crippen LogP contribution in [0.4, 0.5) is 0 Å². The highest BCUT2D eigenvalue weighted by Crippen LogP contribution is 2.32. The maximum atomic E-state index is 12.1. The van der Waals surface area contributed by atoms with E-state index in [9.17, 15) is 9.59 Å². The van der Waals surface area contributed by atoms with Crippen LogP contribution >= 0.6 is 0 Å². The minimum absolute atomic E-state index is 0.0636. The third kappa shape index (κ3) is 4.00. The van der Waals surface area contributed by atoms with Crippen molar-refractivity contribution >= 4 is 11.8 Å². The highest BCUT2D eigenvalue weighted by molar-refractivity contribution is 5.82. The molecule has 0 radical (unpaired) electrons. The summed E-state index contributed by atoms with van der Waals surface area (Å²) in [6.07, 6.45) is 2.67. The van der Waals surface area contributed by atoms with E-state index in [0.29, 0.717) is 13.1 Å². The van der Waals surface area contributed by atoms with Crippen LogP contribution in [0.25, 0.3) is 0 Å². The van der Waals surface area contributed by atoms with E-state index in [-0.39, 0.29) is 17.2 Å². The zero-order chi connectivity index (χ0) is 12.7. The maximum Gasteiger partial charge on any atom is 0.226 e. The van der Waals surface area contributed by atoms with Crippen LogP contribution in [0.1, 0.15) is 33.1 Å². The van der Waals surface area contributed by atoms with Crippen LogP contribution in [-0.2, 0) is 9.59 Å². The smallest absolute Gasteiger partial charge is 0.226 e. The standard InChI is InChI=1S/C12H23N3O2/c1-3-12(4-6-13-7-5-12)11(17)15-9-8-14-10(2)16/h13H,3-9H2,1-2H3,(H,14,16)(H,15,17). The third-order valence-electron chi connectivity index (χ3n) is 3.50. The molecule has 98 valence electrons. The predicted molar refractivity (Wildman–Crippen MR) is 66.5 cm³/mol. The summed E-state index contributed by atoms with van der Waals surface area (Å²) in [4.78, 5) is 22.8. The summed E-state index contributed by atoms with van der Waals surface area (Å²) in [6.45, 7) is 6.37. The Labute approximate surface area is 103 Å². The molecule has 0 aliphatic carbocycles. The highest BCUT2D eigenvalue weighted by Gasteiger charge is 2.37. The van der Waals surface area contributed by atoms with Crippen molar-refractivity contribution in [2.24, 2.45) is 5.41 Å². The van der Waals surface area contributed by atoms with Crippen LogP contribution in [0.15, 0.2) is 0 Å². The molecule has 1 rings (SSSR count). The number of carbonyl (C=O) groups excluding carboxylic acids is 2. The molecule has 5 nitrogen and oxygen atoms in total. The number of hydrogen-bond donors (Lipinski definition) is 3. The SMILES string of the molecule is CCC1(C(=O)NCCNC(C)=O)CCNCC1. The Morgan fingerprint density at radius 3 is 2.29 bits per heavy atom. The van der Waals surface area contributed by atoms with E-state index in [0.717, 1.165) is 32.4 Å². The van der Waals surface area contributed by atoms with Crippen LogP contribution < -0.4 is 16.0 Å². The van der Waals surface area contributed by atoms with Gasteiger partial charge in [-0.25, -0.2) is 0 Å². The Kier molecular flexibility index (Phi) is 5.41. The quantitative estimate of drug-likeness (QED) is 0.594. The first-order valence-corrected chi connectivity index (χ1v) is 6.34. The molecule has 0 saturated carbocycles. The lowest BCUT2D eigenvalue weighted by atomic mass is 9.76. The topological polar surface area (TPSA) is 70.2 Å². The van der Waals surface area contributed by atoms with E-state index in [4.69, 9.17) is 0 Å². The average molecular weight is 241 g/mol. The van der Waals surface area contributed by atoms with Gasteiger partial charge in [-0.1, -0.05) is 6.92 Å². The summed E-state index contributed by atoms with van der Waals surface area (Å²) in [5, 5.41) is 8.86. The van der Waals surface area contributed by atoms with Crippen LogP contribution in [0.3, 0.4) is 0 Å². The fourth-order valence-corrected chi connectivity index (χ4v) is 2.25. The van der Waals surface area contributed by atoms with Gasteiger partial charge in [0, 0.05) is 20.0 Å². The van der Waals surface area contributed by atoms with E-state index in [1.54, 1.807) is 0 Å². The highest BCUT2D eigenvalue weighted by atomic mass is 16.2. The molecule has 0 atom stereocenters. The summed E-state index contributed by atoms with van der Waals surface area (Å²) in [6, 6.07) is 0. The van der Waals surface area contributed by atoms with Crippen LogP contribution in [-0.4, -0.2) is 38.0 Å². The zero-order valence-corrected chi connectivity index (χ0v) is 10.8. The lowest BCUT2D eigenvalue weighted by molar-refractivity contribution is -0.133. The molecule has 1 aliphatic rings. The second kappa shape index (κ2) is 6.59. The van der Waals surface area contributed by atoms with Crippen LogP contribution in [0.5, 0.6) is 0 Å². The molecule has 0 bridgehead atoms. The Bertz CT molecular complexity index is 273. The van der Waals surface area contributed by atoms with Gasteiger partial charge in [0.05, 0.1) is 5.41 Å². The fourth-order valence-electron chi connectivity index (χ4n) is 2.25. The number of rotatable bonds is 5. The predicted octanol–water partition coefficient (Wildman–Crippen LogP) is 0.0185. The molecule has 1 aliphatic heterocycles. The van der Waals surface area contributed by atoms with Gasteiger partial charge >= 0.3 is 0 Å². The average Bonchev–Trinajstić information content (AvgIpc) is 2.35. The maximum absolute atomic E-state index is 12.1. The molecule has 2 amide bonds. The molecule has 1 saturated heterocycles. The first-order chi connectivity index (χ1) is 8.10. The van der Waals surface area contributed by atoms with Crippen molar-refractivity contribution in [2.75, 3.05) is 26.2 Å². The number of amides is 2. The van der Waals surface area contributed by atoms with Gasteiger partial charge in [-0.15, -0.1) is 0 Å². The van der Waals surface area contributed by atoms with Crippen molar-refractivity contribution in [3.05, 3.63) is 0 Å². The van der Waals surface area contributed by atoms with Crippen molar-refractivity contribution in [1.82, 2.24) is 16.0 Å². The largest absolute Gasteiger partial charge is 0.355 e. The third-order valence-corrected chi connectivity index (χ3v) is 3.50. The second-order valence-corrected chi connectivity index (χ2v) is 4.62. The van der Waals surface area contributed by atoms with E-state index in [2.05, 4.69) is 22.9 Å². The van der Waals surface area contributed by atoms with Crippen molar-refractivity contribution in [2.45, 2.75) is 33.1 Å². The first kappa shape index (κ1) is 14.0. The minimum atomic E-state index is -0.207. The van der Waals surface area contributed by atoms with Crippen molar-refractivity contribution in [3.63, 3.8) is 0 Å².